The minimum atomic E-state index is -0.178. The maximum atomic E-state index is 12.2. The first-order valence-corrected chi connectivity index (χ1v) is 6.17. The Hall–Kier alpha value is -2.82. The molecular weight excluding hydrogens is 252 g/mol. The number of hydrogen-bond acceptors (Lipinski definition) is 4. The lowest BCUT2D eigenvalue weighted by molar-refractivity contribution is 0.102. The van der Waals surface area contributed by atoms with E-state index in [1.54, 1.807) is 42.9 Å². The van der Waals surface area contributed by atoms with E-state index < -0.39 is 0 Å². The monoisotopic (exact) mass is 264 g/mol. The second kappa shape index (κ2) is 5.05. The maximum Gasteiger partial charge on any atom is 0.255 e. The number of benzene rings is 1. The number of amides is 1. The lowest BCUT2D eigenvalue weighted by atomic mass is 10.1. The fourth-order valence-corrected chi connectivity index (χ4v) is 1.93. The molecule has 20 heavy (non-hydrogen) atoms. The van der Waals surface area contributed by atoms with Crippen LogP contribution in [0.5, 0.6) is 0 Å². The van der Waals surface area contributed by atoms with Crippen LogP contribution in [0.2, 0.25) is 0 Å². The average Bonchev–Trinajstić information content (AvgIpc) is 2.47. The van der Waals surface area contributed by atoms with Crippen molar-refractivity contribution < 1.29 is 4.79 Å². The molecule has 2 heterocycles. The summed E-state index contributed by atoms with van der Waals surface area (Å²) in [6.07, 6.45) is 4.90. The van der Waals surface area contributed by atoms with E-state index in [9.17, 15) is 4.79 Å². The molecule has 3 aromatic rings. The van der Waals surface area contributed by atoms with Gasteiger partial charge in [-0.2, -0.15) is 0 Å². The van der Waals surface area contributed by atoms with Crippen LogP contribution >= 0.6 is 0 Å². The molecule has 0 aliphatic heterocycles. The molecule has 0 bridgehead atoms. The van der Waals surface area contributed by atoms with Gasteiger partial charge >= 0.3 is 0 Å². The standard InChI is InChI=1S/C15H12N4O/c1-10-8-12(4-5-16-10)19-15(20)11-2-3-13-14(9-11)18-7-6-17-13/h2-9H,1H3,(H,16,19,20). The van der Waals surface area contributed by atoms with Crippen LogP contribution in [0, 0.1) is 6.92 Å². The van der Waals surface area contributed by atoms with Crippen LogP contribution in [0.25, 0.3) is 11.0 Å². The van der Waals surface area contributed by atoms with Gasteiger partial charge in [0.1, 0.15) is 0 Å². The molecular formula is C15H12N4O. The van der Waals surface area contributed by atoms with Gasteiger partial charge in [-0.1, -0.05) is 0 Å². The second-order valence-corrected chi connectivity index (χ2v) is 4.40. The van der Waals surface area contributed by atoms with Crippen LogP contribution in [0.3, 0.4) is 0 Å². The fraction of sp³-hybridized carbons (Fsp3) is 0.0667. The zero-order valence-corrected chi connectivity index (χ0v) is 10.9. The quantitative estimate of drug-likeness (QED) is 0.772. The third-order valence-electron chi connectivity index (χ3n) is 2.89. The van der Waals surface area contributed by atoms with Crippen molar-refractivity contribution in [2.45, 2.75) is 6.92 Å². The van der Waals surface area contributed by atoms with Gasteiger partial charge in [0.15, 0.2) is 0 Å². The van der Waals surface area contributed by atoms with Crippen LogP contribution < -0.4 is 5.32 Å². The number of nitrogens with zero attached hydrogens (tertiary/aromatic N) is 3. The Labute approximate surface area is 115 Å². The number of rotatable bonds is 2. The molecule has 1 amide bonds. The number of fused-ring (bicyclic) bond motifs is 1. The Morgan fingerprint density at radius 3 is 2.55 bits per heavy atom. The highest BCUT2D eigenvalue weighted by molar-refractivity contribution is 6.05. The molecule has 1 N–H and O–H groups in total. The van der Waals surface area contributed by atoms with Crippen LogP contribution in [0.15, 0.2) is 48.9 Å². The zero-order chi connectivity index (χ0) is 13.9. The molecule has 5 heteroatoms. The molecule has 0 unspecified atom stereocenters. The molecule has 3 rings (SSSR count). The SMILES string of the molecule is Cc1cc(NC(=O)c2ccc3nccnc3c2)ccn1. The molecule has 0 atom stereocenters. The van der Waals surface area contributed by atoms with Gasteiger partial charge in [-0.05, 0) is 37.3 Å². The number of aromatic nitrogens is 3. The third-order valence-corrected chi connectivity index (χ3v) is 2.89. The first-order chi connectivity index (χ1) is 9.72. The van der Waals surface area contributed by atoms with Crippen molar-refractivity contribution in [3.63, 3.8) is 0 Å². The highest BCUT2D eigenvalue weighted by atomic mass is 16.1. The van der Waals surface area contributed by atoms with Crippen molar-refractivity contribution in [1.82, 2.24) is 15.0 Å². The topological polar surface area (TPSA) is 67.8 Å². The Morgan fingerprint density at radius 1 is 0.950 bits per heavy atom. The molecule has 5 nitrogen and oxygen atoms in total. The normalized spacial score (nSPS) is 10.4. The minimum absolute atomic E-state index is 0.178. The molecule has 98 valence electrons. The average molecular weight is 264 g/mol. The highest BCUT2D eigenvalue weighted by Crippen LogP contribution is 2.13. The van der Waals surface area contributed by atoms with Crippen molar-refractivity contribution in [1.29, 1.82) is 0 Å². The molecule has 0 saturated heterocycles. The van der Waals surface area contributed by atoms with E-state index in [-0.39, 0.29) is 5.91 Å². The molecule has 0 spiro atoms. The van der Waals surface area contributed by atoms with Gasteiger partial charge in [0, 0.05) is 35.5 Å². The minimum Gasteiger partial charge on any atom is -0.322 e. The number of carbonyl (C=O) groups excluding carboxylic acids is 1. The predicted molar refractivity (Wildman–Crippen MR) is 76.5 cm³/mol. The van der Waals surface area contributed by atoms with Crippen molar-refractivity contribution in [2.24, 2.45) is 0 Å². The summed E-state index contributed by atoms with van der Waals surface area (Å²) in [5.41, 5.74) is 3.59. The molecule has 0 aliphatic carbocycles. The zero-order valence-electron chi connectivity index (χ0n) is 10.9. The highest BCUT2D eigenvalue weighted by Gasteiger charge is 2.07. The van der Waals surface area contributed by atoms with Crippen LogP contribution in [0.1, 0.15) is 16.1 Å². The fourth-order valence-electron chi connectivity index (χ4n) is 1.93. The summed E-state index contributed by atoms with van der Waals surface area (Å²) in [6.45, 7) is 1.88. The number of carbonyl (C=O) groups is 1. The van der Waals surface area contributed by atoms with E-state index in [1.165, 1.54) is 0 Å². The van der Waals surface area contributed by atoms with E-state index in [1.807, 2.05) is 13.0 Å². The summed E-state index contributed by atoms with van der Waals surface area (Å²) in [5.74, 6) is -0.178. The smallest absolute Gasteiger partial charge is 0.255 e. The van der Waals surface area contributed by atoms with Crippen molar-refractivity contribution in [3.8, 4) is 0 Å². The van der Waals surface area contributed by atoms with Crippen molar-refractivity contribution in [3.05, 3.63) is 60.2 Å². The predicted octanol–water partition coefficient (Wildman–Crippen LogP) is 2.59. The van der Waals surface area contributed by atoms with E-state index in [0.29, 0.717) is 11.1 Å². The van der Waals surface area contributed by atoms with Gasteiger partial charge in [0.2, 0.25) is 0 Å². The third kappa shape index (κ3) is 2.47. The number of hydrogen-bond donors (Lipinski definition) is 1. The van der Waals surface area contributed by atoms with Crippen LogP contribution in [-0.2, 0) is 0 Å². The first kappa shape index (κ1) is 12.2. The summed E-state index contributed by atoms with van der Waals surface area (Å²) in [4.78, 5) is 24.6. The van der Waals surface area contributed by atoms with Crippen molar-refractivity contribution in [2.75, 3.05) is 5.32 Å². The second-order valence-electron chi connectivity index (χ2n) is 4.40. The summed E-state index contributed by atoms with van der Waals surface area (Å²) in [7, 11) is 0. The summed E-state index contributed by atoms with van der Waals surface area (Å²) < 4.78 is 0. The Balaban J connectivity index is 1.88. The van der Waals surface area contributed by atoms with E-state index in [0.717, 1.165) is 16.9 Å². The van der Waals surface area contributed by atoms with Gasteiger partial charge in [0.25, 0.3) is 5.91 Å². The summed E-state index contributed by atoms with van der Waals surface area (Å²) in [5, 5.41) is 2.84. The van der Waals surface area contributed by atoms with E-state index in [4.69, 9.17) is 0 Å². The number of pyridine rings is 1. The lowest BCUT2D eigenvalue weighted by Crippen LogP contribution is -2.12. The molecule has 2 aromatic heterocycles. The summed E-state index contributed by atoms with van der Waals surface area (Å²) >= 11 is 0. The molecule has 0 radical (unpaired) electrons. The molecule has 0 saturated carbocycles. The van der Waals surface area contributed by atoms with Gasteiger partial charge in [-0.3, -0.25) is 19.7 Å². The van der Waals surface area contributed by atoms with Gasteiger partial charge < -0.3 is 5.32 Å². The molecule has 0 aliphatic rings. The number of nitrogens with one attached hydrogen (secondary N) is 1. The van der Waals surface area contributed by atoms with E-state index >= 15 is 0 Å². The lowest BCUT2D eigenvalue weighted by Gasteiger charge is -2.06. The van der Waals surface area contributed by atoms with Gasteiger partial charge in [-0.15, -0.1) is 0 Å². The van der Waals surface area contributed by atoms with E-state index in [2.05, 4.69) is 20.3 Å². The Bertz CT molecular complexity index is 785. The van der Waals surface area contributed by atoms with Gasteiger partial charge in [-0.25, -0.2) is 0 Å². The Morgan fingerprint density at radius 2 is 1.75 bits per heavy atom. The molecule has 0 fully saturated rings. The Kier molecular flexibility index (Phi) is 3.09. The summed E-state index contributed by atoms with van der Waals surface area (Å²) in [6, 6.07) is 8.83. The maximum absolute atomic E-state index is 12.2. The number of aryl methyl sites for hydroxylation is 1. The first-order valence-electron chi connectivity index (χ1n) is 6.17. The molecule has 1 aromatic carbocycles. The van der Waals surface area contributed by atoms with Crippen molar-refractivity contribution >= 4 is 22.6 Å². The number of anilines is 1. The largest absolute Gasteiger partial charge is 0.322 e. The van der Waals surface area contributed by atoms with Crippen LogP contribution in [-0.4, -0.2) is 20.9 Å². The van der Waals surface area contributed by atoms with Gasteiger partial charge in [0.05, 0.1) is 11.0 Å². The van der Waals surface area contributed by atoms with Crippen LogP contribution in [0.4, 0.5) is 5.69 Å².